The molecule has 6 heteroatoms. The molecule has 1 atom stereocenters. The summed E-state index contributed by atoms with van der Waals surface area (Å²) in [5.41, 5.74) is 5.76. The highest BCUT2D eigenvalue weighted by Crippen LogP contribution is 2.51. The molecule has 0 bridgehead atoms. The number of sulfonamides is 1. The Bertz CT molecular complexity index is 505. The first-order chi connectivity index (χ1) is 7.85. The number of thiophene rings is 1. The van der Waals surface area contributed by atoms with Crippen LogP contribution in [0.15, 0.2) is 16.3 Å². The molecule has 0 aromatic carbocycles. The highest BCUT2D eigenvalue weighted by molar-refractivity contribution is 7.89. The average Bonchev–Trinajstić information content (AvgIpc) is 2.68. The van der Waals surface area contributed by atoms with Crippen LogP contribution in [0, 0.1) is 11.3 Å². The van der Waals surface area contributed by atoms with Gasteiger partial charge in [0.25, 0.3) is 0 Å². The van der Waals surface area contributed by atoms with Gasteiger partial charge < -0.3 is 5.73 Å². The van der Waals surface area contributed by atoms with E-state index in [2.05, 4.69) is 18.6 Å². The lowest BCUT2D eigenvalue weighted by molar-refractivity contribution is 0.537. The van der Waals surface area contributed by atoms with Crippen molar-refractivity contribution in [1.29, 1.82) is 0 Å². The van der Waals surface area contributed by atoms with Crippen LogP contribution in [0.25, 0.3) is 0 Å². The molecule has 0 saturated heterocycles. The Morgan fingerprint density at radius 3 is 2.71 bits per heavy atom. The first kappa shape index (κ1) is 13.0. The zero-order chi connectivity index (χ0) is 12.7. The van der Waals surface area contributed by atoms with Crippen LogP contribution in [-0.2, 0) is 16.6 Å². The second kappa shape index (κ2) is 4.35. The molecule has 0 aliphatic heterocycles. The Morgan fingerprint density at radius 1 is 1.59 bits per heavy atom. The Kier molecular flexibility index (Phi) is 3.33. The molecule has 1 aliphatic carbocycles. The molecule has 1 aromatic rings. The van der Waals surface area contributed by atoms with Crippen molar-refractivity contribution in [2.75, 3.05) is 6.54 Å². The van der Waals surface area contributed by atoms with Gasteiger partial charge in [-0.05, 0) is 23.8 Å². The van der Waals surface area contributed by atoms with E-state index >= 15 is 0 Å². The molecular formula is C11H18N2O2S2. The van der Waals surface area contributed by atoms with Crippen LogP contribution in [0.2, 0.25) is 0 Å². The van der Waals surface area contributed by atoms with Gasteiger partial charge in [-0.2, -0.15) is 0 Å². The first-order valence-corrected chi connectivity index (χ1v) is 7.98. The second-order valence-corrected chi connectivity index (χ2v) is 7.96. The highest BCUT2D eigenvalue weighted by Gasteiger charge is 2.45. The van der Waals surface area contributed by atoms with Crippen molar-refractivity contribution >= 4 is 21.4 Å². The van der Waals surface area contributed by atoms with E-state index in [9.17, 15) is 8.42 Å². The van der Waals surface area contributed by atoms with E-state index in [0.29, 0.717) is 29.3 Å². The molecule has 4 nitrogen and oxygen atoms in total. The molecule has 96 valence electrons. The maximum absolute atomic E-state index is 12.0. The van der Waals surface area contributed by atoms with E-state index in [-0.39, 0.29) is 0 Å². The summed E-state index contributed by atoms with van der Waals surface area (Å²) in [4.78, 5) is 1.22. The first-order valence-electron chi connectivity index (χ1n) is 5.62. The number of hydrogen-bond donors (Lipinski definition) is 2. The van der Waals surface area contributed by atoms with E-state index < -0.39 is 10.0 Å². The second-order valence-electron chi connectivity index (χ2n) is 5.19. The van der Waals surface area contributed by atoms with Gasteiger partial charge in [0.1, 0.15) is 0 Å². The topological polar surface area (TPSA) is 72.2 Å². The van der Waals surface area contributed by atoms with Crippen molar-refractivity contribution in [3.63, 3.8) is 0 Å². The lowest BCUT2D eigenvalue weighted by atomic mass is 10.1. The molecular weight excluding hydrogens is 256 g/mol. The summed E-state index contributed by atoms with van der Waals surface area (Å²) in [6.45, 7) is 5.23. The summed E-state index contributed by atoms with van der Waals surface area (Å²) < 4.78 is 26.6. The summed E-state index contributed by atoms with van der Waals surface area (Å²) in [6.07, 6.45) is 1.09. The molecule has 1 aliphatic rings. The minimum atomic E-state index is -3.35. The minimum absolute atomic E-state index is 0.291. The Labute approximate surface area is 106 Å². The average molecular weight is 274 g/mol. The normalized spacial score (nSPS) is 22.6. The van der Waals surface area contributed by atoms with Gasteiger partial charge >= 0.3 is 0 Å². The summed E-state index contributed by atoms with van der Waals surface area (Å²) >= 11 is 1.38. The fraction of sp³-hybridized carbons (Fsp3) is 0.636. The molecule has 1 fully saturated rings. The fourth-order valence-corrected chi connectivity index (χ4v) is 4.06. The van der Waals surface area contributed by atoms with E-state index in [0.717, 1.165) is 11.3 Å². The summed E-state index contributed by atoms with van der Waals surface area (Å²) in [7, 11) is -3.35. The maximum Gasteiger partial charge on any atom is 0.241 e. The summed E-state index contributed by atoms with van der Waals surface area (Å²) in [6, 6.07) is 1.64. The molecule has 1 aromatic heterocycles. The summed E-state index contributed by atoms with van der Waals surface area (Å²) in [5, 5.41) is 1.64. The lowest BCUT2D eigenvalue weighted by Crippen LogP contribution is -2.26. The smallest absolute Gasteiger partial charge is 0.241 e. The van der Waals surface area contributed by atoms with Crippen LogP contribution in [0.1, 0.15) is 25.1 Å². The fourth-order valence-electron chi connectivity index (χ4n) is 1.83. The highest BCUT2D eigenvalue weighted by atomic mass is 32.2. The third-order valence-electron chi connectivity index (χ3n) is 3.38. The van der Waals surface area contributed by atoms with Gasteiger partial charge in [-0.25, -0.2) is 13.1 Å². The van der Waals surface area contributed by atoms with Crippen LogP contribution in [0.4, 0.5) is 0 Å². The molecule has 2 rings (SSSR count). The Morgan fingerprint density at radius 2 is 2.24 bits per heavy atom. The largest absolute Gasteiger partial charge is 0.326 e. The van der Waals surface area contributed by atoms with Crippen LogP contribution < -0.4 is 10.5 Å². The van der Waals surface area contributed by atoms with Gasteiger partial charge in [-0.3, -0.25) is 0 Å². The number of rotatable bonds is 5. The quantitative estimate of drug-likeness (QED) is 0.855. The van der Waals surface area contributed by atoms with Gasteiger partial charge in [0, 0.05) is 23.3 Å². The van der Waals surface area contributed by atoms with Crippen molar-refractivity contribution in [3.8, 4) is 0 Å². The molecule has 3 N–H and O–H groups in total. The third kappa shape index (κ3) is 2.88. The predicted molar refractivity (Wildman–Crippen MR) is 69.3 cm³/mol. The lowest BCUT2D eigenvalue weighted by Gasteiger charge is -2.06. The molecule has 1 unspecified atom stereocenters. The number of hydrogen-bond acceptors (Lipinski definition) is 4. The monoisotopic (exact) mass is 274 g/mol. The van der Waals surface area contributed by atoms with Crippen molar-refractivity contribution in [1.82, 2.24) is 4.72 Å². The van der Waals surface area contributed by atoms with Crippen LogP contribution in [0.5, 0.6) is 0 Å². The van der Waals surface area contributed by atoms with Gasteiger partial charge in [-0.1, -0.05) is 13.8 Å². The SMILES string of the molecule is CC1(C)CC1CNS(=O)(=O)c1csc(CN)c1. The zero-order valence-electron chi connectivity index (χ0n) is 10.1. The molecule has 0 radical (unpaired) electrons. The minimum Gasteiger partial charge on any atom is -0.326 e. The molecule has 1 heterocycles. The van der Waals surface area contributed by atoms with Crippen molar-refractivity contribution in [2.24, 2.45) is 17.1 Å². The van der Waals surface area contributed by atoms with Crippen LogP contribution in [0.3, 0.4) is 0 Å². The van der Waals surface area contributed by atoms with Gasteiger partial charge in [0.05, 0.1) is 4.90 Å². The van der Waals surface area contributed by atoms with E-state index in [4.69, 9.17) is 5.73 Å². The Hall–Kier alpha value is -0.430. The van der Waals surface area contributed by atoms with Crippen molar-refractivity contribution < 1.29 is 8.42 Å². The number of nitrogens with two attached hydrogens (primary N) is 1. The van der Waals surface area contributed by atoms with Gasteiger partial charge in [0.15, 0.2) is 0 Å². The van der Waals surface area contributed by atoms with E-state index in [1.807, 2.05) is 0 Å². The maximum atomic E-state index is 12.0. The zero-order valence-corrected chi connectivity index (χ0v) is 11.7. The van der Waals surface area contributed by atoms with Crippen molar-refractivity contribution in [2.45, 2.75) is 31.7 Å². The predicted octanol–water partition coefficient (Wildman–Crippen LogP) is 1.53. The Balaban J connectivity index is 1.99. The van der Waals surface area contributed by atoms with Crippen LogP contribution >= 0.6 is 11.3 Å². The van der Waals surface area contributed by atoms with E-state index in [1.165, 1.54) is 11.3 Å². The van der Waals surface area contributed by atoms with Gasteiger partial charge in [-0.15, -0.1) is 11.3 Å². The third-order valence-corrected chi connectivity index (χ3v) is 5.89. The molecule has 0 amide bonds. The standard InChI is InChI=1S/C11H18N2O2S2/c1-11(2)4-8(11)6-13-17(14,15)10-3-9(5-12)16-7-10/h3,7-8,13H,4-6,12H2,1-2H3. The number of nitrogens with one attached hydrogen (secondary N) is 1. The van der Waals surface area contributed by atoms with E-state index in [1.54, 1.807) is 11.4 Å². The van der Waals surface area contributed by atoms with Gasteiger partial charge in [0.2, 0.25) is 10.0 Å². The molecule has 17 heavy (non-hydrogen) atoms. The van der Waals surface area contributed by atoms with Crippen molar-refractivity contribution in [3.05, 3.63) is 16.3 Å². The molecule has 0 spiro atoms. The summed E-state index contributed by atoms with van der Waals surface area (Å²) in [5.74, 6) is 0.463. The molecule has 1 saturated carbocycles. The van der Waals surface area contributed by atoms with Crippen LogP contribution in [-0.4, -0.2) is 15.0 Å².